The Bertz CT molecular complexity index is 289. The largest absolute Gasteiger partial charge is 0.393 e. The van der Waals surface area contributed by atoms with E-state index in [4.69, 9.17) is 0 Å². The molecule has 1 heterocycles. The predicted molar refractivity (Wildman–Crippen MR) is 61.6 cm³/mol. The quantitative estimate of drug-likeness (QED) is 0.699. The Morgan fingerprint density at radius 1 is 1.53 bits per heavy atom. The van der Waals surface area contributed by atoms with E-state index in [-0.39, 0.29) is 6.10 Å². The van der Waals surface area contributed by atoms with Gasteiger partial charge in [0, 0.05) is 18.9 Å². The Kier molecular flexibility index (Phi) is 5.29. The van der Waals surface area contributed by atoms with Crippen LogP contribution in [0.3, 0.4) is 0 Å². The third-order valence-electron chi connectivity index (χ3n) is 2.59. The van der Waals surface area contributed by atoms with Crippen LogP contribution in [-0.2, 0) is 6.54 Å². The molecular formula is C12H20N2O. The zero-order valence-corrected chi connectivity index (χ0v) is 9.53. The first-order valence-electron chi connectivity index (χ1n) is 5.52. The standard InChI is InChI=1S/C12H20N2O/c1-3-12(15)5-7-14-9-11-8-13-6-4-10(11)2/h4,6,8,12,14-15H,3,5,7,9H2,1-2H3. The number of aromatic nitrogens is 1. The molecule has 84 valence electrons. The van der Waals surface area contributed by atoms with Crippen molar-refractivity contribution in [1.82, 2.24) is 10.3 Å². The molecule has 1 atom stereocenters. The number of hydrogen-bond acceptors (Lipinski definition) is 3. The van der Waals surface area contributed by atoms with Gasteiger partial charge in [-0.2, -0.15) is 0 Å². The lowest BCUT2D eigenvalue weighted by Crippen LogP contribution is -2.20. The molecule has 0 bridgehead atoms. The lowest BCUT2D eigenvalue weighted by molar-refractivity contribution is 0.159. The van der Waals surface area contributed by atoms with Gasteiger partial charge in [-0.15, -0.1) is 0 Å². The van der Waals surface area contributed by atoms with Gasteiger partial charge >= 0.3 is 0 Å². The van der Waals surface area contributed by atoms with Crippen molar-refractivity contribution in [2.24, 2.45) is 0 Å². The lowest BCUT2D eigenvalue weighted by Gasteiger charge is -2.09. The van der Waals surface area contributed by atoms with E-state index >= 15 is 0 Å². The molecule has 1 aromatic rings. The summed E-state index contributed by atoms with van der Waals surface area (Å²) in [6, 6.07) is 2.01. The molecule has 0 aromatic carbocycles. The average molecular weight is 208 g/mol. The number of nitrogens with zero attached hydrogens (tertiary/aromatic N) is 1. The topological polar surface area (TPSA) is 45.1 Å². The van der Waals surface area contributed by atoms with Gasteiger partial charge in [0.2, 0.25) is 0 Å². The van der Waals surface area contributed by atoms with Gasteiger partial charge in [0.1, 0.15) is 0 Å². The van der Waals surface area contributed by atoms with E-state index in [1.54, 1.807) is 6.20 Å². The molecule has 2 N–H and O–H groups in total. The van der Waals surface area contributed by atoms with E-state index < -0.39 is 0 Å². The minimum atomic E-state index is -0.174. The van der Waals surface area contributed by atoms with Crippen LogP contribution in [0.4, 0.5) is 0 Å². The fraction of sp³-hybridized carbons (Fsp3) is 0.583. The van der Waals surface area contributed by atoms with E-state index in [0.29, 0.717) is 0 Å². The summed E-state index contributed by atoms with van der Waals surface area (Å²) < 4.78 is 0. The summed E-state index contributed by atoms with van der Waals surface area (Å²) in [5.41, 5.74) is 2.48. The number of aliphatic hydroxyl groups is 1. The highest BCUT2D eigenvalue weighted by molar-refractivity contribution is 5.20. The number of rotatable bonds is 6. The van der Waals surface area contributed by atoms with Gasteiger partial charge in [-0.3, -0.25) is 4.98 Å². The Morgan fingerprint density at radius 2 is 2.33 bits per heavy atom. The minimum Gasteiger partial charge on any atom is -0.393 e. The van der Waals surface area contributed by atoms with Crippen molar-refractivity contribution >= 4 is 0 Å². The number of pyridine rings is 1. The zero-order valence-electron chi connectivity index (χ0n) is 9.53. The number of aliphatic hydroxyl groups excluding tert-OH is 1. The Hall–Kier alpha value is -0.930. The smallest absolute Gasteiger partial charge is 0.0549 e. The van der Waals surface area contributed by atoms with Crippen LogP contribution < -0.4 is 5.32 Å². The van der Waals surface area contributed by atoms with Crippen molar-refractivity contribution in [3.8, 4) is 0 Å². The second kappa shape index (κ2) is 6.53. The van der Waals surface area contributed by atoms with E-state index in [1.807, 2.05) is 19.2 Å². The van der Waals surface area contributed by atoms with Crippen LogP contribution in [0.5, 0.6) is 0 Å². The molecule has 0 aliphatic heterocycles. The maximum Gasteiger partial charge on any atom is 0.0549 e. The van der Waals surface area contributed by atoms with Crippen LogP contribution in [0, 0.1) is 6.92 Å². The van der Waals surface area contributed by atoms with Crippen molar-refractivity contribution in [2.45, 2.75) is 39.3 Å². The number of nitrogens with one attached hydrogen (secondary N) is 1. The maximum atomic E-state index is 9.36. The van der Waals surface area contributed by atoms with Crippen molar-refractivity contribution in [3.63, 3.8) is 0 Å². The Labute approximate surface area is 91.5 Å². The Morgan fingerprint density at radius 3 is 3.00 bits per heavy atom. The highest BCUT2D eigenvalue weighted by Crippen LogP contribution is 2.04. The molecule has 1 aromatic heterocycles. The van der Waals surface area contributed by atoms with E-state index in [9.17, 15) is 5.11 Å². The average Bonchev–Trinajstić information content (AvgIpc) is 2.26. The molecule has 0 aliphatic carbocycles. The fourth-order valence-electron chi connectivity index (χ4n) is 1.38. The fourth-order valence-corrected chi connectivity index (χ4v) is 1.38. The van der Waals surface area contributed by atoms with Gasteiger partial charge in [-0.25, -0.2) is 0 Å². The number of hydrogen-bond donors (Lipinski definition) is 2. The highest BCUT2D eigenvalue weighted by atomic mass is 16.3. The van der Waals surface area contributed by atoms with Crippen molar-refractivity contribution in [1.29, 1.82) is 0 Å². The van der Waals surface area contributed by atoms with Gasteiger partial charge < -0.3 is 10.4 Å². The number of aryl methyl sites for hydroxylation is 1. The summed E-state index contributed by atoms with van der Waals surface area (Å²) in [6.45, 7) is 5.76. The summed E-state index contributed by atoms with van der Waals surface area (Å²) >= 11 is 0. The van der Waals surface area contributed by atoms with Gasteiger partial charge in [0.15, 0.2) is 0 Å². The SMILES string of the molecule is CCC(O)CCNCc1cnccc1C. The molecule has 0 spiro atoms. The first-order valence-corrected chi connectivity index (χ1v) is 5.52. The molecule has 0 fully saturated rings. The molecule has 0 amide bonds. The van der Waals surface area contributed by atoms with E-state index in [1.165, 1.54) is 11.1 Å². The van der Waals surface area contributed by atoms with Crippen molar-refractivity contribution in [3.05, 3.63) is 29.6 Å². The molecule has 3 heteroatoms. The van der Waals surface area contributed by atoms with Crippen molar-refractivity contribution < 1.29 is 5.11 Å². The summed E-state index contributed by atoms with van der Waals surface area (Å²) in [6.07, 6.45) is 5.16. The third kappa shape index (κ3) is 4.40. The van der Waals surface area contributed by atoms with Crippen molar-refractivity contribution in [2.75, 3.05) is 6.54 Å². The highest BCUT2D eigenvalue weighted by Gasteiger charge is 2.00. The minimum absolute atomic E-state index is 0.174. The maximum absolute atomic E-state index is 9.36. The molecule has 0 saturated carbocycles. The molecule has 1 unspecified atom stereocenters. The van der Waals surface area contributed by atoms with Gasteiger partial charge in [0.05, 0.1) is 6.10 Å². The van der Waals surface area contributed by atoms with Gasteiger partial charge in [-0.1, -0.05) is 6.92 Å². The van der Waals surface area contributed by atoms with Crippen LogP contribution in [0.15, 0.2) is 18.5 Å². The van der Waals surface area contributed by atoms with E-state index in [0.717, 1.165) is 25.9 Å². The first kappa shape index (κ1) is 12.1. The normalized spacial score (nSPS) is 12.7. The molecule has 15 heavy (non-hydrogen) atoms. The second-order valence-electron chi connectivity index (χ2n) is 3.83. The van der Waals surface area contributed by atoms with Gasteiger partial charge in [0.25, 0.3) is 0 Å². The first-order chi connectivity index (χ1) is 7.24. The molecule has 0 aliphatic rings. The lowest BCUT2D eigenvalue weighted by atomic mass is 10.1. The van der Waals surface area contributed by atoms with Crippen LogP contribution in [0.2, 0.25) is 0 Å². The second-order valence-corrected chi connectivity index (χ2v) is 3.83. The molecule has 0 radical (unpaired) electrons. The van der Waals surface area contributed by atoms with Crippen LogP contribution in [0.1, 0.15) is 30.9 Å². The molecular weight excluding hydrogens is 188 g/mol. The molecule has 1 rings (SSSR count). The van der Waals surface area contributed by atoms with E-state index in [2.05, 4.69) is 17.2 Å². The zero-order chi connectivity index (χ0) is 11.1. The monoisotopic (exact) mass is 208 g/mol. The summed E-state index contributed by atoms with van der Waals surface area (Å²) in [4.78, 5) is 4.09. The van der Waals surface area contributed by atoms with Crippen LogP contribution in [-0.4, -0.2) is 22.7 Å². The third-order valence-corrected chi connectivity index (χ3v) is 2.59. The van der Waals surface area contributed by atoms with Crippen LogP contribution in [0.25, 0.3) is 0 Å². The summed E-state index contributed by atoms with van der Waals surface area (Å²) in [7, 11) is 0. The Balaban J connectivity index is 2.23. The van der Waals surface area contributed by atoms with Crippen LogP contribution >= 0.6 is 0 Å². The summed E-state index contributed by atoms with van der Waals surface area (Å²) in [5, 5.41) is 12.7. The molecule has 3 nitrogen and oxygen atoms in total. The predicted octanol–water partition coefficient (Wildman–Crippen LogP) is 1.64. The molecule has 0 saturated heterocycles. The van der Waals surface area contributed by atoms with Gasteiger partial charge in [-0.05, 0) is 43.5 Å². The summed E-state index contributed by atoms with van der Waals surface area (Å²) in [5.74, 6) is 0.